The number of halogens is 1. The van der Waals surface area contributed by atoms with Crippen molar-refractivity contribution in [3.8, 4) is 0 Å². The topological polar surface area (TPSA) is 57.6 Å². The van der Waals surface area contributed by atoms with Crippen LogP contribution in [0, 0.1) is 0 Å². The van der Waals surface area contributed by atoms with E-state index in [1.807, 2.05) is 0 Å². The molecule has 3 atom stereocenters. The Labute approximate surface area is 119 Å². The van der Waals surface area contributed by atoms with Crippen molar-refractivity contribution in [2.75, 3.05) is 0 Å². The molecule has 1 N–H and O–H groups in total. The third kappa shape index (κ3) is 1.92. The van der Waals surface area contributed by atoms with E-state index in [4.69, 9.17) is 0 Å². The first-order valence-corrected chi connectivity index (χ1v) is 7.32. The fourth-order valence-corrected chi connectivity index (χ4v) is 3.66. The summed E-state index contributed by atoms with van der Waals surface area (Å²) in [6, 6.07) is 6.61. The number of aliphatic hydroxyl groups is 1. The van der Waals surface area contributed by atoms with Gasteiger partial charge >= 0.3 is 0 Å². The maximum absolute atomic E-state index is 12.4. The van der Waals surface area contributed by atoms with Gasteiger partial charge in [0, 0.05) is 0 Å². The van der Waals surface area contributed by atoms with Crippen molar-refractivity contribution in [1.82, 2.24) is 4.90 Å². The second-order valence-corrected chi connectivity index (χ2v) is 6.09. The number of imide groups is 1. The number of alkyl halides is 1. The monoisotopic (exact) mass is 323 g/mol. The van der Waals surface area contributed by atoms with E-state index in [1.165, 1.54) is 4.90 Å². The summed E-state index contributed by atoms with van der Waals surface area (Å²) in [7, 11) is 0. The van der Waals surface area contributed by atoms with Gasteiger partial charge in [0.15, 0.2) is 0 Å². The van der Waals surface area contributed by atoms with Gasteiger partial charge in [0.05, 0.1) is 28.1 Å². The first-order chi connectivity index (χ1) is 9.11. The van der Waals surface area contributed by atoms with Crippen LogP contribution in [-0.4, -0.2) is 38.8 Å². The normalized spacial score (nSPS) is 30.6. The molecule has 0 unspecified atom stereocenters. The minimum absolute atomic E-state index is 0.246. The lowest BCUT2D eigenvalue weighted by Gasteiger charge is -2.36. The predicted molar refractivity (Wildman–Crippen MR) is 73.3 cm³/mol. The third-order valence-corrected chi connectivity index (χ3v) is 5.11. The van der Waals surface area contributed by atoms with E-state index in [-0.39, 0.29) is 22.7 Å². The zero-order valence-corrected chi connectivity index (χ0v) is 11.8. The van der Waals surface area contributed by atoms with Crippen molar-refractivity contribution in [2.24, 2.45) is 0 Å². The molecule has 1 fully saturated rings. The first kappa shape index (κ1) is 12.8. The number of benzene rings is 1. The summed E-state index contributed by atoms with van der Waals surface area (Å²) in [4.78, 5) is 25.8. The number of hydrogen-bond donors (Lipinski definition) is 1. The maximum Gasteiger partial charge on any atom is 0.261 e. The number of hydrogen-bond acceptors (Lipinski definition) is 3. The highest BCUT2D eigenvalue weighted by Gasteiger charge is 2.44. The Morgan fingerprint density at radius 1 is 1.11 bits per heavy atom. The summed E-state index contributed by atoms with van der Waals surface area (Å²) < 4.78 is 0. The summed E-state index contributed by atoms with van der Waals surface area (Å²) >= 11 is 3.43. The SMILES string of the molecule is O=C1c2ccccc2C(=O)N1[C@H]1CCC[C@@H](O)[C@@H]1Br. The lowest BCUT2D eigenvalue weighted by molar-refractivity contribution is 0.0447. The number of rotatable bonds is 1. The zero-order valence-electron chi connectivity index (χ0n) is 10.3. The average Bonchev–Trinajstić information content (AvgIpc) is 2.67. The standard InChI is InChI=1S/C14H14BrNO3/c15-12-10(6-3-7-11(12)17)16-13(18)8-4-1-2-5-9(8)14(16)19/h1-2,4-5,10-12,17H,3,6-7H2/t10-,11+,12+/m0/s1. The molecule has 2 aliphatic rings. The van der Waals surface area contributed by atoms with Crippen LogP contribution in [-0.2, 0) is 0 Å². The Morgan fingerprint density at radius 3 is 2.26 bits per heavy atom. The summed E-state index contributed by atoms with van der Waals surface area (Å²) in [6.45, 7) is 0. The van der Waals surface area contributed by atoms with Crippen LogP contribution in [0.15, 0.2) is 24.3 Å². The zero-order chi connectivity index (χ0) is 13.6. The van der Waals surface area contributed by atoms with Gasteiger partial charge in [-0.25, -0.2) is 0 Å². The Morgan fingerprint density at radius 2 is 1.68 bits per heavy atom. The molecule has 0 bridgehead atoms. The van der Waals surface area contributed by atoms with Gasteiger partial charge in [0.2, 0.25) is 0 Å². The molecule has 5 heteroatoms. The molecule has 100 valence electrons. The molecule has 1 aromatic carbocycles. The largest absolute Gasteiger partial charge is 0.392 e. The van der Waals surface area contributed by atoms with Gasteiger partial charge in [-0.1, -0.05) is 28.1 Å². The van der Waals surface area contributed by atoms with Gasteiger partial charge < -0.3 is 5.11 Å². The fraction of sp³-hybridized carbons (Fsp3) is 0.429. The molecule has 1 aromatic rings. The van der Waals surface area contributed by atoms with E-state index < -0.39 is 6.10 Å². The lowest BCUT2D eigenvalue weighted by Crippen LogP contribution is -2.50. The molecular weight excluding hydrogens is 310 g/mol. The van der Waals surface area contributed by atoms with E-state index >= 15 is 0 Å². The van der Waals surface area contributed by atoms with Gasteiger partial charge in [-0.3, -0.25) is 14.5 Å². The Kier molecular flexibility index (Phi) is 3.19. The number of carbonyl (C=O) groups is 2. The molecule has 0 spiro atoms. The number of nitrogens with zero attached hydrogens (tertiary/aromatic N) is 1. The average molecular weight is 324 g/mol. The molecule has 1 aliphatic carbocycles. The Hall–Kier alpha value is -1.20. The summed E-state index contributed by atoms with van der Waals surface area (Å²) in [5, 5.41) is 9.90. The van der Waals surface area contributed by atoms with Crippen LogP contribution in [0.1, 0.15) is 40.0 Å². The van der Waals surface area contributed by atoms with E-state index in [2.05, 4.69) is 15.9 Å². The predicted octanol–water partition coefficient (Wildman–Crippen LogP) is 1.96. The van der Waals surface area contributed by atoms with Crippen molar-refractivity contribution in [1.29, 1.82) is 0 Å². The van der Waals surface area contributed by atoms with Crippen molar-refractivity contribution in [3.05, 3.63) is 35.4 Å². The van der Waals surface area contributed by atoms with Crippen LogP contribution < -0.4 is 0 Å². The molecule has 3 rings (SSSR count). The highest BCUT2D eigenvalue weighted by molar-refractivity contribution is 9.09. The molecule has 0 aromatic heterocycles. The fourth-order valence-electron chi connectivity index (χ4n) is 2.89. The third-order valence-electron chi connectivity index (χ3n) is 3.89. The van der Waals surface area contributed by atoms with Gasteiger partial charge in [0.1, 0.15) is 0 Å². The molecule has 2 amide bonds. The number of aliphatic hydroxyl groups excluding tert-OH is 1. The Bertz CT molecular complexity index is 510. The van der Waals surface area contributed by atoms with Gasteiger partial charge in [0.25, 0.3) is 11.8 Å². The number of carbonyl (C=O) groups excluding carboxylic acids is 2. The van der Waals surface area contributed by atoms with Crippen LogP contribution in [0.3, 0.4) is 0 Å². The minimum Gasteiger partial charge on any atom is -0.392 e. The first-order valence-electron chi connectivity index (χ1n) is 6.40. The van der Waals surface area contributed by atoms with Crippen LogP contribution in [0.2, 0.25) is 0 Å². The highest BCUT2D eigenvalue weighted by atomic mass is 79.9. The second kappa shape index (κ2) is 4.72. The lowest BCUT2D eigenvalue weighted by atomic mass is 9.91. The van der Waals surface area contributed by atoms with Crippen molar-refractivity contribution in [2.45, 2.75) is 36.2 Å². The van der Waals surface area contributed by atoms with Crippen LogP contribution in [0.4, 0.5) is 0 Å². The smallest absolute Gasteiger partial charge is 0.261 e. The van der Waals surface area contributed by atoms with Crippen LogP contribution >= 0.6 is 15.9 Å². The summed E-state index contributed by atoms with van der Waals surface area (Å²) in [6.07, 6.45) is 1.75. The summed E-state index contributed by atoms with van der Waals surface area (Å²) in [5.41, 5.74) is 0.930. The van der Waals surface area contributed by atoms with E-state index in [0.29, 0.717) is 17.5 Å². The Balaban J connectivity index is 1.95. The van der Waals surface area contributed by atoms with E-state index in [0.717, 1.165) is 12.8 Å². The van der Waals surface area contributed by atoms with Gasteiger partial charge in [-0.05, 0) is 31.4 Å². The van der Waals surface area contributed by atoms with Gasteiger partial charge in [-0.2, -0.15) is 0 Å². The molecular formula is C14H14BrNO3. The summed E-state index contributed by atoms with van der Waals surface area (Å²) in [5.74, 6) is -0.492. The second-order valence-electron chi connectivity index (χ2n) is 5.04. The van der Waals surface area contributed by atoms with E-state index in [1.54, 1.807) is 24.3 Å². The molecule has 19 heavy (non-hydrogen) atoms. The van der Waals surface area contributed by atoms with E-state index in [9.17, 15) is 14.7 Å². The van der Waals surface area contributed by atoms with Crippen molar-refractivity contribution in [3.63, 3.8) is 0 Å². The molecule has 4 nitrogen and oxygen atoms in total. The quantitative estimate of drug-likeness (QED) is 0.635. The minimum atomic E-state index is -0.511. The number of fused-ring (bicyclic) bond motifs is 1. The molecule has 1 heterocycles. The highest BCUT2D eigenvalue weighted by Crippen LogP contribution is 2.34. The van der Waals surface area contributed by atoms with Crippen LogP contribution in [0.25, 0.3) is 0 Å². The van der Waals surface area contributed by atoms with Crippen molar-refractivity contribution >= 4 is 27.7 Å². The van der Waals surface area contributed by atoms with Crippen LogP contribution in [0.5, 0.6) is 0 Å². The number of amides is 2. The molecule has 0 radical (unpaired) electrons. The van der Waals surface area contributed by atoms with Crippen molar-refractivity contribution < 1.29 is 14.7 Å². The molecule has 0 saturated heterocycles. The maximum atomic E-state index is 12.4. The van der Waals surface area contributed by atoms with Gasteiger partial charge in [-0.15, -0.1) is 0 Å². The molecule has 1 saturated carbocycles. The molecule has 1 aliphatic heterocycles.